The lowest BCUT2D eigenvalue weighted by Gasteiger charge is -2.15. The van der Waals surface area contributed by atoms with Crippen molar-refractivity contribution in [3.8, 4) is 0 Å². The second-order valence-corrected chi connectivity index (χ2v) is 5.86. The van der Waals surface area contributed by atoms with Crippen molar-refractivity contribution in [2.24, 2.45) is 0 Å². The average Bonchev–Trinajstić information content (AvgIpc) is 2.41. The van der Waals surface area contributed by atoms with Gasteiger partial charge in [0.05, 0.1) is 0 Å². The van der Waals surface area contributed by atoms with Crippen LogP contribution in [0.1, 0.15) is 31.2 Å². The molecule has 2 aromatic rings. The smallest absolute Gasteiger partial charge is 0.139 e. The molecule has 0 spiro atoms. The van der Waals surface area contributed by atoms with E-state index in [4.69, 9.17) is 0 Å². The number of rotatable bonds is 4. The van der Waals surface area contributed by atoms with Crippen LogP contribution in [0.2, 0.25) is 0 Å². The van der Waals surface area contributed by atoms with Gasteiger partial charge in [-0.3, -0.25) is 0 Å². The summed E-state index contributed by atoms with van der Waals surface area (Å²) in [5, 5.41) is 6.49. The molecule has 1 heterocycles. The largest absolute Gasteiger partial charge is 0.373 e. The van der Waals surface area contributed by atoms with Gasteiger partial charge in [-0.15, -0.1) is 0 Å². The van der Waals surface area contributed by atoms with Crippen molar-refractivity contribution < 1.29 is 0 Å². The second-order valence-electron chi connectivity index (χ2n) is 4.94. The van der Waals surface area contributed by atoms with Gasteiger partial charge in [-0.1, -0.05) is 35.8 Å². The maximum atomic E-state index is 4.63. The molecule has 1 aromatic carbocycles. The summed E-state index contributed by atoms with van der Waals surface area (Å²) < 4.78 is 1.03. The standard InChI is InChI=1S/C15H19BrN4/c1-9(2)13-19-14(17-4)10(3)15(20-13)18-12-7-5-6-11(16)8-12/h5-9H,1-4H3,(H2,17,18,19,20). The SMILES string of the molecule is CNc1nc(C(C)C)nc(Nc2cccc(Br)c2)c1C. The normalized spacial score (nSPS) is 10.7. The number of hydrogen-bond donors (Lipinski definition) is 2. The van der Waals surface area contributed by atoms with Crippen LogP contribution in [0.5, 0.6) is 0 Å². The molecule has 20 heavy (non-hydrogen) atoms. The van der Waals surface area contributed by atoms with Gasteiger partial charge in [0.2, 0.25) is 0 Å². The third-order valence-electron chi connectivity index (χ3n) is 3.00. The number of nitrogens with one attached hydrogen (secondary N) is 2. The monoisotopic (exact) mass is 334 g/mol. The van der Waals surface area contributed by atoms with E-state index in [0.29, 0.717) is 0 Å². The molecule has 5 heteroatoms. The van der Waals surface area contributed by atoms with Crippen molar-refractivity contribution in [2.45, 2.75) is 26.7 Å². The zero-order valence-electron chi connectivity index (χ0n) is 12.2. The number of benzene rings is 1. The maximum Gasteiger partial charge on any atom is 0.139 e. The Morgan fingerprint density at radius 1 is 1.15 bits per heavy atom. The van der Waals surface area contributed by atoms with Crippen molar-refractivity contribution in [3.05, 3.63) is 40.1 Å². The quantitative estimate of drug-likeness (QED) is 0.866. The summed E-state index contributed by atoms with van der Waals surface area (Å²) in [6.07, 6.45) is 0. The molecule has 0 saturated carbocycles. The van der Waals surface area contributed by atoms with Gasteiger partial charge in [0, 0.05) is 28.7 Å². The van der Waals surface area contributed by atoms with E-state index in [2.05, 4.69) is 50.4 Å². The third-order valence-corrected chi connectivity index (χ3v) is 3.50. The molecule has 2 rings (SSSR count). The fourth-order valence-electron chi connectivity index (χ4n) is 1.86. The molecule has 0 saturated heterocycles. The van der Waals surface area contributed by atoms with E-state index in [1.807, 2.05) is 38.2 Å². The summed E-state index contributed by atoms with van der Waals surface area (Å²) in [5.41, 5.74) is 2.01. The van der Waals surface area contributed by atoms with Crippen LogP contribution in [-0.2, 0) is 0 Å². The summed E-state index contributed by atoms with van der Waals surface area (Å²) in [4.78, 5) is 9.17. The molecule has 106 valence electrons. The lowest BCUT2D eigenvalue weighted by atomic mass is 10.2. The van der Waals surface area contributed by atoms with Crippen molar-refractivity contribution in [1.82, 2.24) is 9.97 Å². The minimum absolute atomic E-state index is 0.283. The molecule has 0 unspecified atom stereocenters. The molecule has 1 aromatic heterocycles. The first-order chi connectivity index (χ1) is 9.51. The van der Waals surface area contributed by atoms with Gasteiger partial charge < -0.3 is 10.6 Å². The van der Waals surface area contributed by atoms with E-state index < -0.39 is 0 Å². The van der Waals surface area contributed by atoms with Crippen LogP contribution in [0.4, 0.5) is 17.3 Å². The highest BCUT2D eigenvalue weighted by Crippen LogP contribution is 2.26. The first-order valence-electron chi connectivity index (χ1n) is 6.60. The Bertz CT molecular complexity index is 611. The highest BCUT2D eigenvalue weighted by Gasteiger charge is 2.12. The Morgan fingerprint density at radius 3 is 2.45 bits per heavy atom. The average molecular weight is 335 g/mol. The van der Waals surface area contributed by atoms with Crippen LogP contribution < -0.4 is 10.6 Å². The van der Waals surface area contributed by atoms with Gasteiger partial charge >= 0.3 is 0 Å². The predicted octanol–water partition coefficient (Wildman–Crippen LogP) is 4.46. The highest BCUT2D eigenvalue weighted by molar-refractivity contribution is 9.10. The zero-order valence-corrected chi connectivity index (χ0v) is 13.7. The van der Waals surface area contributed by atoms with Crippen LogP contribution in [0, 0.1) is 6.92 Å². The molecule has 0 aliphatic heterocycles. The molecule has 0 aliphatic rings. The lowest BCUT2D eigenvalue weighted by Crippen LogP contribution is -2.08. The molecule has 0 atom stereocenters. The van der Waals surface area contributed by atoms with E-state index >= 15 is 0 Å². The molecule has 4 nitrogen and oxygen atoms in total. The number of aromatic nitrogens is 2. The molecule has 0 amide bonds. The molecular weight excluding hydrogens is 316 g/mol. The fraction of sp³-hybridized carbons (Fsp3) is 0.333. The highest BCUT2D eigenvalue weighted by atomic mass is 79.9. The van der Waals surface area contributed by atoms with Gasteiger partial charge in [0.1, 0.15) is 17.5 Å². The number of halogens is 1. The van der Waals surface area contributed by atoms with E-state index in [1.54, 1.807) is 0 Å². The fourth-order valence-corrected chi connectivity index (χ4v) is 2.26. The number of anilines is 3. The van der Waals surface area contributed by atoms with Gasteiger partial charge in [0.25, 0.3) is 0 Å². The third kappa shape index (κ3) is 3.28. The Balaban J connectivity index is 2.42. The van der Waals surface area contributed by atoms with Crippen molar-refractivity contribution in [3.63, 3.8) is 0 Å². The zero-order chi connectivity index (χ0) is 14.7. The first-order valence-corrected chi connectivity index (χ1v) is 7.39. The topological polar surface area (TPSA) is 49.8 Å². The van der Waals surface area contributed by atoms with E-state index in [9.17, 15) is 0 Å². The Morgan fingerprint density at radius 2 is 1.85 bits per heavy atom. The van der Waals surface area contributed by atoms with Crippen LogP contribution in [0.3, 0.4) is 0 Å². The van der Waals surface area contributed by atoms with Gasteiger partial charge in [-0.2, -0.15) is 0 Å². The van der Waals surface area contributed by atoms with Crippen molar-refractivity contribution in [1.29, 1.82) is 0 Å². The summed E-state index contributed by atoms with van der Waals surface area (Å²) >= 11 is 3.47. The van der Waals surface area contributed by atoms with Gasteiger partial charge in [0.15, 0.2) is 0 Å². The summed E-state index contributed by atoms with van der Waals surface area (Å²) in [6.45, 7) is 6.19. The van der Waals surface area contributed by atoms with E-state index in [-0.39, 0.29) is 5.92 Å². The van der Waals surface area contributed by atoms with Gasteiger partial charge in [-0.05, 0) is 25.1 Å². The Hall–Kier alpha value is -1.62. The summed E-state index contributed by atoms with van der Waals surface area (Å²) in [7, 11) is 1.88. The predicted molar refractivity (Wildman–Crippen MR) is 87.8 cm³/mol. The Labute approximate surface area is 128 Å². The van der Waals surface area contributed by atoms with Crippen LogP contribution in [0.25, 0.3) is 0 Å². The second kappa shape index (κ2) is 6.22. The van der Waals surface area contributed by atoms with Crippen molar-refractivity contribution >= 4 is 33.3 Å². The van der Waals surface area contributed by atoms with Gasteiger partial charge in [-0.25, -0.2) is 9.97 Å². The number of nitrogens with zero attached hydrogens (tertiary/aromatic N) is 2. The lowest BCUT2D eigenvalue weighted by molar-refractivity contribution is 0.775. The minimum atomic E-state index is 0.283. The minimum Gasteiger partial charge on any atom is -0.373 e. The van der Waals surface area contributed by atoms with Crippen molar-refractivity contribution in [2.75, 3.05) is 17.7 Å². The summed E-state index contributed by atoms with van der Waals surface area (Å²) in [6, 6.07) is 8.03. The van der Waals surface area contributed by atoms with Crippen LogP contribution in [-0.4, -0.2) is 17.0 Å². The molecule has 2 N–H and O–H groups in total. The number of hydrogen-bond acceptors (Lipinski definition) is 4. The summed E-state index contributed by atoms with van der Waals surface area (Å²) in [5.74, 6) is 2.82. The maximum absolute atomic E-state index is 4.63. The van der Waals surface area contributed by atoms with Crippen LogP contribution in [0.15, 0.2) is 28.7 Å². The van der Waals surface area contributed by atoms with E-state index in [0.717, 1.165) is 33.2 Å². The van der Waals surface area contributed by atoms with E-state index in [1.165, 1.54) is 0 Å². The molecule has 0 bridgehead atoms. The first kappa shape index (κ1) is 14.8. The molecule has 0 aliphatic carbocycles. The molecule has 0 fully saturated rings. The Kier molecular flexibility index (Phi) is 4.60. The molecular formula is C15H19BrN4. The van der Waals surface area contributed by atoms with Crippen LogP contribution >= 0.6 is 15.9 Å². The molecule has 0 radical (unpaired) electrons.